The van der Waals surface area contributed by atoms with E-state index in [2.05, 4.69) is 15.3 Å². The number of aryl methyl sites for hydroxylation is 1. The van der Waals surface area contributed by atoms with Gasteiger partial charge in [0, 0.05) is 23.6 Å². The van der Waals surface area contributed by atoms with Crippen molar-refractivity contribution in [3.63, 3.8) is 0 Å². The van der Waals surface area contributed by atoms with E-state index in [1.807, 2.05) is 0 Å². The number of carbonyl (C=O) groups is 1. The van der Waals surface area contributed by atoms with Crippen LogP contribution in [0, 0.1) is 18.6 Å². The number of halogens is 3. The molecule has 0 radical (unpaired) electrons. The summed E-state index contributed by atoms with van der Waals surface area (Å²) in [6.07, 6.45) is 1.46. The van der Waals surface area contributed by atoms with E-state index in [9.17, 15) is 13.6 Å². The average molecular weight is 360 g/mol. The summed E-state index contributed by atoms with van der Waals surface area (Å²) in [5.41, 5.74) is 1.94. The van der Waals surface area contributed by atoms with Crippen LogP contribution in [0.1, 0.15) is 16.2 Å². The van der Waals surface area contributed by atoms with Crippen LogP contribution in [0.4, 0.5) is 14.5 Å². The Balaban J connectivity index is 1.94. The Labute approximate surface area is 147 Å². The topological polar surface area (TPSA) is 54.9 Å². The molecule has 1 amide bonds. The number of benzene rings is 1. The molecule has 0 aliphatic heterocycles. The van der Waals surface area contributed by atoms with Crippen molar-refractivity contribution in [1.82, 2.24) is 9.97 Å². The molecule has 0 fully saturated rings. The van der Waals surface area contributed by atoms with Crippen LogP contribution in [0.3, 0.4) is 0 Å². The van der Waals surface area contributed by atoms with Crippen molar-refractivity contribution < 1.29 is 13.6 Å². The van der Waals surface area contributed by atoms with Crippen molar-refractivity contribution in [3.05, 3.63) is 76.8 Å². The summed E-state index contributed by atoms with van der Waals surface area (Å²) in [5, 5.41) is 2.90. The lowest BCUT2D eigenvalue weighted by molar-refractivity contribution is 0.102. The van der Waals surface area contributed by atoms with Gasteiger partial charge in [0.1, 0.15) is 22.5 Å². The Morgan fingerprint density at radius 3 is 2.40 bits per heavy atom. The van der Waals surface area contributed by atoms with Crippen molar-refractivity contribution in [3.8, 4) is 11.1 Å². The monoisotopic (exact) mass is 359 g/mol. The fourth-order valence-electron chi connectivity index (χ4n) is 2.35. The van der Waals surface area contributed by atoms with Crippen LogP contribution in [0.5, 0.6) is 0 Å². The molecule has 0 unspecified atom stereocenters. The van der Waals surface area contributed by atoms with Crippen LogP contribution in [-0.4, -0.2) is 15.9 Å². The molecule has 1 N–H and O–H groups in total. The van der Waals surface area contributed by atoms with E-state index < -0.39 is 17.5 Å². The van der Waals surface area contributed by atoms with Crippen LogP contribution in [0.15, 0.2) is 48.7 Å². The van der Waals surface area contributed by atoms with Crippen molar-refractivity contribution >= 4 is 23.2 Å². The van der Waals surface area contributed by atoms with Gasteiger partial charge >= 0.3 is 0 Å². The summed E-state index contributed by atoms with van der Waals surface area (Å²) in [6.45, 7) is 1.69. The minimum atomic E-state index is -0.693. The van der Waals surface area contributed by atoms with Crippen molar-refractivity contribution in [2.45, 2.75) is 6.92 Å². The van der Waals surface area contributed by atoms with Crippen LogP contribution in [-0.2, 0) is 0 Å². The quantitative estimate of drug-likeness (QED) is 0.693. The number of amides is 1. The molecular formula is C18H12ClF2N3O. The number of hydrogen-bond donors (Lipinski definition) is 1. The molecule has 3 aromatic rings. The van der Waals surface area contributed by atoms with Gasteiger partial charge < -0.3 is 5.32 Å². The molecule has 0 saturated carbocycles. The van der Waals surface area contributed by atoms with Crippen molar-refractivity contribution in [2.75, 3.05) is 5.32 Å². The van der Waals surface area contributed by atoms with E-state index in [0.717, 1.165) is 6.07 Å². The van der Waals surface area contributed by atoms with E-state index in [0.29, 0.717) is 22.5 Å². The normalized spacial score (nSPS) is 10.6. The Morgan fingerprint density at radius 1 is 1.04 bits per heavy atom. The van der Waals surface area contributed by atoms with Gasteiger partial charge in [-0.25, -0.2) is 18.7 Å². The predicted molar refractivity (Wildman–Crippen MR) is 91.5 cm³/mol. The summed E-state index contributed by atoms with van der Waals surface area (Å²) in [5.74, 6) is -1.85. The zero-order chi connectivity index (χ0) is 18.0. The number of nitrogens with zero attached hydrogens (tertiary/aromatic N) is 2. The molecule has 0 atom stereocenters. The second kappa shape index (κ2) is 6.94. The highest BCUT2D eigenvalue weighted by Gasteiger charge is 2.12. The smallest absolute Gasteiger partial charge is 0.274 e. The van der Waals surface area contributed by atoms with E-state index in [4.69, 9.17) is 11.6 Å². The minimum Gasteiger partial charge on any atom is -0.320 e. The highest BCUT2D eigenvalue weighted by molar-refractivity contribution is 6.29. The highest BCUT2D eigenvalue weighted by atomic mass is 35.5. The molecule has 0 bridgehead atoms. The van der Waals surface area contributed by atoms with E-state index >= 15 is 0 Å². The molecule has 1 aromatic carbocycles. The molecule has 2 heterocycles. The SMILES string of the molecule is Cc1cc(-c2cc(F)cc(F)c2)cc(C(=O)Nc2ccnc(Cl)c2)n1. The van der Waals surface area contributed by atoms with Gasteiger partial charge in [0.2, 0.25) is 0 Å². The Kier molecular flexibility index (Phi) is 4.72. The maximum absolute atomic E-state index is 13.4. The molecule has 3 rings (SSSR count). The number of rotatable bonds is 3. The Bertz CT molecular complexity index is 943. The van der Waals surface area contributed by atoms with Gasteiger partial charge in [0.15, 0.2) is 0 Å². The van der Waals surface area contributed by atoms with E-state index in [1.54, 1.807) is 19.1 Å². The zero-order valence-electron chi connectivity index (χ0n) is 13.1. The van der Waals surface area contributed by atoms with Gasteiger partial charge in [-0.15, -0.1) is 0 Å². The lowest BCUT2D eigenvalue weighted by Gasteiger charge is -2.09. The number of carbonyl (C=O) groups excluding carboxylic acids is 1. The summed E-state index contributed by atoms with van der Waals surface area (Å²) >= 11 is 5.79. The number of hydrogen-bond acceptors (Lipinski definition) is 3. The van der Waals surface area contributed by atoms with Gasteiger partial charge in [-0.1, -0.05) is 11.6 Å². The predicted octanol–water partition coefficient (Wildman–Crippen LogP) is 4.64. The lowest BCUT2D eigenvalue weighted by Crippen LogP contribution is -2.14. The third-order valence-corrected chi connectivity index (χ3v) is 3.57. The Hall–Kier alpha value is -2.86. The summed E-state index contributed by atoms with van der Waals surface area (Å²) in [7, 11) is 0. The first kappa shape index (κ1) is 17.0. The van der Waals surface area contributed by atoms with Gasteiger partial charge in [0.05, 0.1) is 0 Å². The fourth-order valence-corrected chi connectivity index (χ4v) is 2.52. The molecule has 7 heteroatoms. The molecular weight excluding hydrogens is 348 g/mol. The van der Waals surface area contributed by atoms with Gasteiger partial charge in [0.25, 0.3) is 5.91 Å². The maximum atomic E-state index is 13.4. The van der Waals surface area contributed by atoms with Crippen LogP contribution >= 0.6 is 11.6 Å². The molecule has 0 aliphatic carbocycles. The Morgan fingerprint density at radius 2 is 1.72 bits per heavy atom. The lowest BCUT2D eigenvalue weighted by atomic mass is 10.0. The largest absolute Gasteiger partial charge is 0.320 e. The number of aromatic nitrogens is 2. The first-order chi connectivity index (χ1) is 11.9. The third-order valence-electron chi connectivity index (χ3n) is 3.37. The van der Waals surface area contributed by atoms with Gasteiger partial charge in [-0.2, -0.15) is 0 Å². The van der Waals surface area contributed by atoms with E-state index in [-0.39, 0.29) is 10.8 Å². The van der Waals surface area contributed by atoms with E-state index in [1.165, 1.54) is 30.5 Å². The molecule has 0 spiro atoms. The summed E-state index contributed by atoms with van der Waals surface area (Å²) in [6, 6.07) is 9.39. The summed E-state index contributed by atoms with van der Waals surface area (Å²) in [4.78, 5) is 20.4. The molecule has 0 saturated heterocycles. The highest BCUT2D eigenvalue weighted by Crippen LogP contribution is 2.23. The fraction of sp³-hybridized carbons (Fsp3) is 0.0556. The van der Waals surface area contributed by atoms with Crippen molar-refractivity contribution in [2.24, 2.45) is 0 Å². The van der Waals surface area contributed by atoms with Crippen molar-refractivity contribution in [1.29, 1.82) is 0 Å². The minimum absolute atomic E-state index is 0.118. The second-order valence-electron chi connectivity index (χ2n) is 5.36. The number of anilines is 1. The summed E-state index contributed by atoms with van der Waals surface area (Å²) < 4.78 is 26.9. The van der Waals surface area contributed by atoms with Gasteiger partial charge in [-0.05, 0) is 54.4 Å². The standard InChI is InChI=1S/C18H12ClF2N3O/c1-10-4-11(12-5-13(20)8-14(21)6-12)7-16(23-10)18(25)24-15-2-3-22-17(19)9-15/h2-9H,1H3,(H,22,24,25). The van der Waals surface area contributed by atoms with Gasteiger partial charge in [-0.3, -0.25) is 4.79 Å². The molecule has 4 nitrogen and oxygen atoms in total. The molecule has 126 valence electrons. The third kappa shape index (κ3) is 4.16. The average Bonchev–Trinajstić information content (AvgIpc) is 2.53. The second-order valence-corrected chi connectivity index (χ2v) is 5.75. The molecule has 25 heavy (non-hydrogen) atoms. The first-order valence-electron chi connectivity index (χ1n) is 7.29. The molecule has 2 aromatic heterocycles. The molecule has 0 aliphatic rings. The number of nitrogens with one attached hydrogen (secondary N) is 1. The maximum Gasteiger partial charge on any atom is 0.274 e. The van der Waals surface area contributed by atoms with Crippen LogP contribution in [0.25, 0.3) is 11.1 Å². The van der Waals surface area contributed by atoms with Crippen LogP contribution in [0.2, 0.25) is 5.15 Å². The zero-order valence-corrected chi connectivity index (χ0v) is 13.8. The number of pyridine rings is 2. The van der Waals surface area contributed by atoms with Crippen LogP contribution < -0.4 is 5.32 Å². The first-order valence-corrected chi connectivity index (χ1v) is 7.66.